The van der Waals surface area contributed by atoms with Crippen molar-refractivity contribution in [2.24, 2.45) is 0 Å². The molecule has 0 spiro atoms. The van der Waals surface area contributed by atoms with Crippen LogP contribution in [0.4, 0.5) is 0 Å². The van der Waals surface area contributed by atoms with Gasteiger partial charge in [0.05, 0.1) is 6.61 Å². The monoisotopic (exact) mass is 361 g/mol. The highest BCUT2D eigenvalue weighted by Crippen LogP contribution is 2.13. The molecule has 1 aromatic heterocycles. The Hall–Kier alpha value is -1.62. The van der Waals surface area contributed by atoms with E-state index >= 15 is 0 Å². The van der Waals surface area contributed by atoms with Crippen molar-refractivity contribution in [2.45, 2.75) is 44.9 Å². The molecule has 1 aromatic carbocycles. The van der Waals surface area contributed by atoms with Crippen molar-refractivity contribution in [3.63, 3.8) is 0 Å². The number of aryl methyl sites for hydroxylation is 2. The lowest BCUT2D eigenvalue weighted by Gasteiger charge is -2.22. The summed E-state index contributed by atoms with van der Waals surface area (Å²) in [5.41, 5.74) is 2.06. The van der Waals surface area contributed by atoms with Crippen LogP contribution in [0.5, 0.6) is 0 Å². The van der Waals surface area contributed by atoms with Gasteiger partial charge in [-0.3, -0.25) is 4.79 Å². The first kappa shape index (κ1) is 18.2. The number of hydrogen-bond acceptors (Lipinski definition) is 3. The Labute approximate surface area is 153 Å². The topological polar surface area (TPSA) is 40.5 Å². The van der Waals surface area contributed by atoms with Crippen molar-refractivity contribution in [1.29, 1.82) is 0 Å². The van der Waals surface area contributed by atoms with Gasteiger partial charge in [-0.1, -0.05) is 29.8 Å². The maximum Gasteiger partial charge on any atom is 0.253 e. The number of pyridine rings is 1. The summed E-state index contributed by atoms with van der Waals surface area (Å²) in [6.07, 6.45) is 6.43. The van der Waals surface area contributed by atoms with Gasteiger partial charge in [0.2, 0.25) is 0 Å². The molecule has 0 radical (unpaired) electrons. The number of ether oxygens (including phenoxy) is 2. The zero-order valence-corrected chi connectivity index (χ0v) is 15.1. The summed E-state index contributed by atoms with van der Waals surface area (Å²) in [5, 5.41) is 0.729. The van der Waals surface area contributed by atoms with Gasteiger partial charge in [-0.25, -0.2) is 0 Å². The van der Waals surface area contributed by atoms with Crippen molar-refractivity contribution in [1.82, 2.24) is 4.57 Å². The van der Waals surface area contributed by atoms with Crippen LogP contribution in [0.1, 0.15) is 30.4 Å². The molecule has 1 saturated heterocycles. The average molecular weight is 362 g/mol. The molecular formula is C20H24ClNO3. The maximum atomic E-state index is 12.6. The second-order valence-corrected chi connectivity index (χ2v) is 6.76. The number of hydrogen-bond donors (Lipinski definition) is 0. The largest absolute Gasteiger partial charge is 0.353 e. The van der Waals surface area contributed by atoms with Crippen LogP contribution in [-0.4, -0.2) is 24.1 Å². The summed E-state index contributed by atoms with van der Waals surface area (Å²) in [6, 6.07) is 11.6. The van der Waals surface area contributed by atoms with Crippen LogP contribution < -0.4 is 5.56 Å². The van der Waals surface area contributed by atoms with Crippen molar-refractivity contribution in [3.8, 4) is 0 Å². The normalized spacial score (nSPS) is 17.6. The van der Waals surface area contributed by atoms with E-state index in [0.717, 1.165) is 42.9 Å². The molecule has 25 heavy (non-hydrogen) atoms. The molecular weight excluding hydrogens is 338 g/mol. The van der Waals surface area contributed by atoms with Crippen LogP contribution in [0, 0.1) is 0 Å². The predicted octanol–water partition coefficient (Wildman–Crippen LogP) is 3.83. The third kappa shape index (κ3) is 5.43. The highest BCUT2D eigenvalue weighted by atomic mass is 35.5. The van der Waals surface area contributed by atoms with Gasteiger partial charge in [0.15, 0.2) is 6.29 Å². The van der Waals surface area contributed by atoms with Gasteiger partial charge in [-0.15, -0.1) is 0 Å². The molecule has 0 aliphatic carbocycles. The smallest absolute Gasteiger partial charge is 0.253 e. The lowest BCUT2D eigenvalue weighted by molar-refractivity contribution is -0.163. The van der Waals surface area contributed by atoms with Gasteiger partial charge in [0.1, 0.15) is 0 Å². The number of benzene rings is 1. The molecule has 5 heteroatoms. The Kier molecular flexibility index (Phi) is 6.68. The van der Waals surface area contributed by atoms with Crippen LogP contribution in [0.2, 0.25) is 5.02 Å². The van der Waals surface area contributed by atoms with Gasteiger partial charge in [-0.05, 0) is 55.9 Å². The predicted molar refractivity (Wildman–Crippen MR) is 99.1 cm³/mol. The minimum absolute atomic E-state index is 0.0598. The Morgan fingerprint density at radius 3 is 2.76 bits per heavy atom. The molecule has 134 valence electrons. The fraction of sp³-hybridized carbons (Fsp3) is 0.450. The van der Waals surface area contributed by atoms with Crippen LogP contribution in [-0.2, 0) is 28.9 Å². The Bertz CT molecular complexity index is 720. The summed E-state index contributed by atoms with van der Waals surface area (Å²) in [4.78, 5) is 12.6. The quantitative estimate of drug-likeness (QED) is 0.752. The lowest BCUT2D eigenvalue weighted by Crippen LogP contribution is -2.28. The van der Waals surface area contributed by atoms with Gasteiger partial charge in [-0.2, -0.15) is 0 Å². The first-order valence-electron chi connectivity index (χ1n) is 8.88. The number of aromatic nitrogens is 1. The molecule has 2 aromatic rings. The molecule has 4 nitrogen and oxygen atoms in total. The van der Waals surface area contributed by atoms with Crippen molar-refractivity contribution in [3.05, 3.63) is 69.1 Å². The second-order valence-electron chi connectivity index (χ2n) is 6.33. The van der Waals surface area contributed by atoms with Crippen molar-refractivity contribution in [2.75, 3.05) is 13.2 Å². The Balaban J connectivity index is 1.53. The average Bonchev–Trinajstić information content (AvgIpc) is 2.64. The van der Waals surface area contributed by atoms with Crippen LogP contribution in [0.25, 0.3) is 0 Å². The van der Waals surface area contributed by atoms with Crippen molar-refractivity contribution >= 4 is 11.6 Å². The maximum absolute atomic E-state index is 12.6. The van der Waals surface area contributed by atoms with E-state index in [0.29, 0.717) is 19.6 Å². The van der Waals surface area contributed by atoms with Crippen LogP contribution >= 0.6 is 11.6 Å². The van der Waals surface area contributed by atoms with Gasteiger partial charge >= 0.3 is 0 Å². The molecule has 1 aliphatic heterocycles. The fourth-order valence-electron chi connectivity index (χ4n) is 3.01. The fourth-order valence-corrected chi connectivity index (χ4v) is 3.13. The molecule has 1 atom stereocenters. The molecule has 0 saturated carbocycles. The van der Waals surface area contributed by atoms with Gasteiger partial charge in [0.25, 0.3) is 5.56 Å². The number of nitrogens with zero attached hydrogens (tertiary/aromatic N) is 1. The minimum Gasteiger partial charge on any atom is -0.353 e. The second kappa shape index (κ2) is 9.18. The Morgan fingerprint density at radius 1 is 1.16 bits per heavy atom. The number of rotatable bonds is 7. The van der Waals surface area contributed by atoms with E-state index in [4.69, 9.17) is 21.1 Å². The van der Waals surface area contributed by atoms with E-state index in [2.05, 4.69) is 0 Å². The molecule has 2 heterocycles. The van der Waals surface area contributed by atoms with E-state index in [1.807, 2.05) is 42.6 Å². The first-order chi connectivity index (χ1) is 12.2. The zero-order chi connectivity index (χ0) is 17.5. The third-order valence-electron chi connectivity index (χ3n) is 4.47. The molecule has 1 unspecified atom stereocenters. The van der Waals surface area contributed by atoms with E-state index in [1.54, 1.807) is 4.57 Å². The van der Waals surface area contributed by atoms with Gasteiger partial charge < -0.3 is 14.0 Å². The van der Waals surface area contributed by atoms with E-state index in [-0.39, 0.29) is 11.8 Å². The minimum atomic E-state index is -0.113. The number of halogens is 1. The summed E-state index contributed by atoms with van der Waals surface area (Å²) in [5.74, 6) is 0. The lowest BCUT2D eigenvalue weighted by atomic mass is 10.1. The SMILES string of the molecule is O=c1c(CCc2ccc(Cl)cc2)cccn1CCOC1CCCCO1. The molecule has 1 fully saturated rings. The first-order valence-corrected chi connectivity index (χ1v) is 9.26. The standard InChI is InChI=1S/C20H24ClNO3/c21-18-10-7-16(8-11-18)6-9-17-4-3-12-22(20(17)23)13-15-25-19-5-1-2-14-24-19/h3-4,7-8,10-12,19H,1-2,5-6,9,13-15H2. The van der Waals surface area contributed by atoms with E-state index < -0.39 is 0 Å². The van der Waals surface area contributed by atoms with Gasteiger partial charge in [0, 0.05) is 29.9 Å². The van der Waals surface area contributed by atoms with Crippen LogP contribution in [0.15, 0.2) is 47.4 Å². The Morgan fingerprint density at radius 2 is 2.00 bits per heavy atom. The highest BCUT2D eigenvalue weighted by Gasteiger charge is 2.13. The molecule has 0 bridgehead atoms. The highest BCUT2D eigenvalue weighted by molar-refractivity contribution is 6.30. The molecule has 0 amide bonds. The third-order valence-corrected chi connectivity index (χ3v) is 4.72. The summed E-state index contributed by atoms with van der Waals surface area (Å²) in [6.45, 7) is 1.81. The molecule has 0 N–H and O–H groups in total. The zero-order valence-electron chi connectivity index (χ0n) is 14.3. The molecule has 3 rings (SSSR count). The summed E-state index contributed by atoms with van der Waals surface area (Å²) < 4.78 is 13.0. The summed E-state index contributed by atoms with van der Waals surface area (Å²) >= 11 is 5.91. The molecule has 1 aliphatic rings. The van der Waals surface area contributed by atoms with Crippen LogP contribution in [0.3, 0.4) is 0 Å². The summed E-state index contributed by atoms with van der Waals surface area (Å²) in [7, 11) is 0. The van der Waals surface area contributed by atoms with E-state index in [9.17, 15) is 4.79 Å². The van der Waals surface area contributed by atoms with E-state index in [1.165, 1.54) is 5.56 Å². The van der Waals surface area contributed by atoms with Crippen molar-refractivity contribution < 1.29 is 9.47 Å².